The highest BCUT2D eigenvalue weighted by molar-refractivity contribution is 7.60. The van der Waals surface area contributed by atoms with E-state index in [2.05, 4.69) is 49.3 Å². The molecule has 3 aromatic heterocycles. The Morgan fingerprint density at radius 3 is 2.47 bits per heavy atom. The van der Waals surface area contributed by atoms with Crippen LogP contribution in [0.25, 0.3) is 44.6 Å². The van der Waals surface area contributed by atoms with Gasteiger partial charge in [0.1, 0.15) is 55.6 Å². The number of aliphatic hydroxyl groups excluding tert-OH is 2. The number of nitrogens with two attached hydrogens (primary N) is 1. The number of carbonyl (C=O) groups excluding carboxylic acids is 4. The van der Waals surface area contributed by atoms with E-state index in [4.69, 9.17) is 19.6 Å². The van der Waals surface area contributed by atoms with E-state index >= 15 is 0 Å². The number of fused-ring (bicyclic) bond motifs is 3. The number of carboxylic acid groups (broad SMARTS) is 1. The zero-order valence-corrected chi connectivity index (χ0v) is 44.6. The molecule has 5 heterocycles. The molecule has 31 heteroatoms. The Hall–Kier alpha value is -7.72. The van der Waals surface area contributed by atoms with Crippen molar-refractivity contribution in [2.24, 2.45) is 0 Å². The van der Waals surface area contributed by atoms with Gasteiger partial charge in [-0.25, -0.2) is 28.6 Å². The highest BCUT2D eigenvalue weighted by atomic mass is 31.3. The number of carboxylic acids is 1. The van der Waals surface area contributed by atoms with Gasteiger partial charge in [-0.3, -0.25) is 28.0 Å². The van der Waals surface area contributed by atoms with Crippen LogP contribution in [0.5, 0.6) is 0 Å². The van der Waals surface area contributed by atoms with Gasteiger partial charge < -0.3 is 74.1 Å². The molecule has 0 spiro atoms. The van der Waals surface area contributed by atoms with Gasteiger partial charge in [-0.1, -0.05) is 11.3 Å². The van der Waals surface area contributed by atoms with E-state index in [1.54, 1.807) is 6.20 Å². The lowest BCUT2D eigenvalue weighted by atomic mass is 9.89. The van der Waals surface area contributed by atoms with Crippen molar-refractivity contribution >= 4 is 73.2 Å². The fraction of sp³-hybridized carbons (Fsp3) is 0.375. The Morgan fingerprint density at radius 1 is 0.924 bits per heavy atom. The summed E-state index contributed by atoms with van der Waals surface area (Å²) in [6.07, 6.45) is -2.31. The summed E-state index contributed by atoms with van der Waals surface area (Å²) in [5.41, 5.74) is 9.45. The molecule has 2 amide bonds. The third kappa shape index (κ3) is 13.9. The smallest absolute Gasteiger partial charge is 0.407 e. The summed E-state index contributed by atoms with van der Waals surface area (Å²) < 4.78 is 59.3. The summed E-state index contributed by atoms with van der Waals surface area (Å²) in [6.45, 7) is -0.658. The van der Waals surface area contributed by atoms with Crippen molar-refractivity contribution in [2.75, 3.05) is 65.1 Å². The number of hydrogen-bond donors (Lipinski definition) is 5. The molecule has 79 heavy (non-hydrogen) atoms. The van der Waals surface area contributed by atoms with Crippen molar-refractivity contribution < 1.29 is 80.7 Å². The average molecular weight is 1130 g/mol. The number of rotatable bonds is 23. The molecule has 1 fully saturated rings. The lowest BCUT2D eigenvalue weighted by Gasteiger charge is -2.30. The highest BCUT2D eigenvalue weighted by Gasteiger charge is 2.45. The highest BCUT2D eigenvalue weighted by Crippen LogP contribution is 2.56. The van der Waals surface area contributed by atoms with Gasteiger partial charge in [-0.15, -0.1) is 5.10 Å². The second-order valence-electron chi connectivity index (χ2n) is 18.4. The molecule has 6 N–H and O–H groups in total. The van der Waals surface area contributed by atoms with Crippen molar-refractivity contribution in [1.82, 2.24) is 49.7 Å². The van der Waals surface area contributed by atoms with Gasteiger partial charge >= 0.3 is 19.9 Å². The zero-order valence-electron chi connectivity index (χ0n) is 42.8. The maximum Gasteiger partial charge on any atom is 0.407 e. The van der Waals surface area contributed by atoms with Crippen LogP contribution >= 0.6 is 15.6 Å². The molecule has 3 unspecified atom stereocenters. The summed E-state index contributed by atoms with van der Waals surface area (Å²) in [5.74, 6) is -2.73. The number of aliphatic hydroxyl groups is 2. The first-order valence-corrected chi connectivity index (χ1v) is 27.3. The predicted octanol–water partition coefficient (Wildman–Crippen LogP) is 0.0710. The molecular weight excluding hydrogens is 1080 g/mol. The second kappa shape index (κ2) is 24.5. The summed E-state index contributed by atoms with van der Waals surface area (Å²) in [4.78, 5) is 89.1. The molecule has 0 bridgehead atoms. The second-order valence-corrected chi connectivity index (χ2v) is 21.3. The minimum atomic E-state index is -5.80. The van der Waals surface area contributed by atoms with Crippen LogP contribution in [0.2, 0.25) is 0 Å². The van der Waals surface area contributed by atoms with Crippen LogP contribution in [-0.4, -0.2) is 141 Å². The number of imidazole rings is 1. The van der Waals surface area contributed by atoms with Crippen LogP contribution in [0.15, 0.2) is 77.9 Å². The van der Waals surface area contributed by atoms with Crippen LogP contribution in [0, 0.1) is 0 Å². The Kier molecular flexibility index (Phi) is 17.8. The van der Waals surface area contributed by atoms with Crippen molar-refractivity contribution in [1.29, 1.82) is 0 Å². The number of amides is 2. The van der Waals surface area contributed by atoms with Crippen LogP contribution in [0.1, 0.15) is 58.3 Å². The summed E-state index contributed by atoms with van der Waals surface area (Å²) in [6, 6.07) is 15.4. The van der Waals surface area contributed by atoms with Crippen LogP contribution < -0.4 is 46.1 Å². The number of aromatic carboxylic acids is 1. The first kappa shape index (κ1) is 57.5. The lowest BCUT2D eigenvalue weighted by Crippen LogP contribution is -2.35. The number of carbonyl (C=O) groups is 4. The first-order chi connectivity index (χ1) is 37.6. The quantitative estimate of drug-likeness (QED) is 0.0245. The molecule has 3 aliphatic rings. The first-order valence-electron chi connectivity index (χ1n) is 24.3. The van der Waals surface area contributed by atoms with Gasteiger partial charge in [-0.05, 0) is 55.2 Å². The largest absolute Gasteiger partial charge is 0.756 e. The van der Waals surface area contributed by atoms with Crippen molar-refractivity contribution in [3.8, 4) is 22.5 Å². The van der Waals surface area contributed by atoms with E-state index in [0.29, 0.717) is 59.4 Å². The maximum absolute atomic E-state index is 13.4. The Bertz CT molecular complexity index is 3550. The summed E-state index contributed by atoms with van der Waals surface area (Å²) in [5, 5.41) is 48.4. The molecule has 2 aliphatic heterocycles. The van der Waals surface area contributed by atoms with Crippen molar-refractivity contribution in [3.05, 3.63) is 95.6 Å². The molecular formula is C48H54N12O17P2-2. The standard InChI is InChI=1S/C48H56N12O17P2/c1-57(2)29-11-14-32-35(21-29)74-36-22-30(58(3)4)12-15-33(36)39(32)34-20-27(10-13-31(34)47(65)66)45(64)50-16-17-51-48(67)72-19-7-18-59-23-28(55-56-59)8-5-6-9-38(61)76-79(70,71)77-78(68,69)73-24-37-41(62)42(63)46(75-37)60-26-54-40-43(49)52-25-53-44(40)60/h10-15,20-23,25-26,37,41-42,46,62-63H,5-9,16-19,24H2,1-4H3,(H6-,49,50,51,52,53,64,65,66,67,68,69,70,71)/p-2/t37-,41?,42+,46-/m1/s1. The van der Waals surface area contributed by atoms with Gasteiger partial charge in [0, 0.05) is 98.2 Å². The number of hydrogen-bond acceptors (Lipinski definition) is 24. The minimum absolute atomic E-state index is 0.00768. The Labute approximate surface area is 448 Å². The van der Waals surface area contributed by atoms with E-state index in [1.807, 2.05) is 74.1 Å². The fourth-order valence-corrected chi connectivity index (χ4v) is 10.4. The van der Waals surface area contributed by atoms with Crippen molar-refractivity contribution in [2.45, 2.75) is 63.2 Å². The number of alkyl carbamates (subject to hydrolysis) is 1. The maximum atomic E-state index is 13.4. The van der Waals surface area contributed by atoms with Crippen LogP contribution in [-0.2, 0) is 49.7 Å². The molecule has 0 radical (unpaired) electrons. The van der Waals surface area contributed by atoms with Gasteiger partial charge in [-0.2, -0.15) is 0 Å². The van der Waals surface area contributed by atoms with Gasteiger partial charge in [0.25, 0.3) is 13.7 Å². The number of ether oxygens (including phenoxy) is 2. The molecule has 2 aromatic carbocycles. The number of phosphoric acid groups is 2. The molecule has 29 nitrogen and oxygen atoms in total. The van der Waals surface area contributed by atoms with E-state index in [0.717, 1.165) is 17.4 Å². The number of nitrogens with one attached hydrogen (secondary N) is 2. The number of nitrogen functional groups attached to an aromatic ring is 1. The number of unbranched alkanes of at least 4 members (excludes halogenated alkanes) is 1. The van der Waals surface area contributed by atoms with E-state index in [1.165, 1.54) is 33.8 Å². The fourth-order valence-electron chi connectivity index (χ4n) is 8.46. The number of anilines is 2. The number of aromatic nitrogens is 7. The summed E-state index contributed by atoms with van der Waals surface area (Å²) >= 11 is 0. The molecule has 5 aromatic rings. The van der Waals surface area contributed by atoms with Crippen LogP contribution in [0.3, 0.4) is 0 Å². The Morgan fingerprint density at radius 2 is 1.71 bits per heavy atom. The van der Waals surface area contributed by atoms with Gasteiger partial charge in [0.2, 0.25) is 5.36 Å². The molecule has 6 atom stereocenters. The number of benzene rings is 3. The molecule has 0 saturated carbocycles. The molecule has 8 rings (SSSR count). The van der Waals surface area contributed by atoms with E-state index in [-0.39, 0.29) is 59.8 Å². The SMILES string of the molecule is CN(C)c1ccc2c(-c3cc(C(=O)NCCNC(=O)OCCCn4cc(CCCCC(=O)OP(=O)([O-])OP(=O)([O-])OC[C@H]5O[C@@H](n6cnc7c(N)ncnc76)[C@@H](O)C5O)nn4)ccc3C(=O)[O-])c3ccc(=[N+](C)C)cc-3oc2c1. The predicted molar refractivity (Wildman–Crippen MR) is 272 cm³/mol. The molecule has 1 aliphatic carbocycles. The van der Waals surface area contributed by atoms with E-state index < -0.39 is 77.2 Å². The molecule has 1 saturated heterocycles. The zero-order chi connectivity index (χ0) is 56.8. The monoisotopic (exact) mass is 1130 g/mol. The van der Waals surface area contributed by atoms with Crippen LogP contribution in [0.4, 0.5) is 16.3 Å². The average Bonchev–Trinajstić information content (AvgIpc) is 4.16. The van der Waals surface area contributed by atoms with Gasteiger partial charge in [0.05, 0.1) is 37.3 Å². The minimum Gasteiger partial charge on any atom is -0.756 e. The Balaban J connectivity index is 0.725. The summed E-state index contributed by atoms with van der Waals surface area (Å²) in [7, 11) is -3.97. The van der Waals surface area contributed by atoms with E-state index in [9.17, 15) is 53.4 Å². The molecule has 420 valence electrons. The normalized spacial score (nSPS) is 17.8. The van der Waals surface area contributed by atoms with Gasteiger partial charge in [0.15, 0.2) is 17.7 Å². The number of aryl methyl sites for hydroxylation is 2. The lowest BCUT2D eigenvalue weighted by molar-refractivity contribution is -0.255. The number of phosphoric ester groups is 2. The van der Waals surface area contributed by atoms with Crippen molar-refractivity contribution in [3.63, 3.8) is 0 Å². The topological polar surface area (TPSA) is 402 Å². The third-order valence-corrected chi connectivity index (χ3v) is 14.9. The number of nitrogens with zero attached hydrogens (tertiary/aromatic N) is 9. The third-order valence-electron chi connectivity index (χ3n) is 12.4.